The number of fused-ring (bicyclic) bond motifs is 1. The molecule has 1 N–H and O–H groups in total. The molecule has 1 aromatic heterocycles. The summed E-state index contributed by atoms with van der Waals surface area (Å²) in [7, 11) is 1.59. The van der Waals surface area contributed by atoms with Crippen molar-refractivity contribution >= 4 is 34.5 Å². The maximum Gasteiger partial charge on any atom is 0.238 e. The predicted octanol–water partition coefficient (Wildman–Crippen LogP) is 4.36. The lowest BCUT2D eigenvalue weighted by atomic mass is 9.96. The lowest BCUT2D eigenvalue weighted by molar-refractivity contribution is -0.118. The summed E-state index contributed by atoms with van der Waals surface area (Å²) in [5.41, 5.74) is 2.06. The van der Waals surface area contributed by atoms with Crippen molar-refractivity contribution in [1.82, 2.24) is 4.90 Å². The summed E-state index contributed by atoms with van der Waals surface area (Å²) >= 11 is 7.90. The predicted molar refractivity (Wildman–Crippen MR) is 102 cm³/mol. The van der Waals surface area contributed by atoms with Crippen LogP contribution >= 0.6 is 22.9 Å². The summed E-state index contributed by atoms with van der Waals surface area (Å²) in [4.78, 5) is 16.5. The van der Waals surface area contributed by atoms with Gasteiger partial charge in [-0.05, 0) is 60.4 Å². The van der Waals surface area contributed by atoms with Crippen LogP contribution in [0.5, 0.6) is 5.75 Å². The highest BCUT2D eigenvalue weighted by Crippen LogP contribution is 2.48. The Morgan fingerprint density at radius 1 is 1.40 bits per heavy atom. The first-order valence-electron chi connectivity index (χ1n) is 8.59. The van der Waals surface area contributed by atoms with Gasteiger partial charge in [0.2, 0.25) is 5.91 Å². The third kappa shape index (κ3) is 3.54. The average molecular weight is 377 g/mol. The van der Waals surface area contributed by atoms with E-state index in [2.05, 4.69) is 21.7 Å². The van der Waals surface area contributed by atoms with E-state index in [1.165, 1.54) is 23.3 Å². The number of thiophene rings is 1. The van der Waals surface area contributed by atoms with Crippen LogP contribution in [0.2, 0.25) is 5.02 Å². The maximum atomic E-state index is 12.7. The summed E-state index contributed by atoms with van der Waals surface area (Å²) in [5.74, 6) is 1.29. The van der Waals surface area contributed by atoms with Crippen LogP contribution in [0.15, 0.2) is 29.6 Å². The Morgan fingerprint density at radius 2 is 2.24 bits per heavy atom. The van der Waals surface area contributed by atoms with E-state index in [4.69, 9.17) is 16.3 Å². The standard InChI is InChI=1S/C19H21ClN2O2S/c1-24-16-5-4-13(20)10-15(16)21-18(23)11-22-8-6-17-14(7-9-25-17)19(22)12-2-3-12/h4-5,7,9-10,12,19H,2-3,6,8,11H2,1H3,(H,21,23)/t19-/m0/s1. The Hall–Kier alpha value is -1.56. The van der Waals surface area contributed by atoms with Crippen LogP contribution in [0, 0.1) is 5.92 Å². The number of benzene rings is 1. The summed E-state index contributed by atoms with van der Waals surface area (Å²) in [5, 5.41) is 5.72. The van der Waals surface area contributed by atoms with E-state index in [0.29, 0.717) is 35.0 Å². The second kappa shape index (κ2) is 6.98. The summed E-state index contributed by atoms with van der Waals surface area (Å²) in [6, 6.07) is 7.88. The van der Waals surface area contributed by atoms with Gasteiger partial charge in [0.15, 0.2) is 0 Å². The molecule has 132 valence electrons. The van der Waals surface area contributed by atoms with Gasteiger partial charge >= 0.3 is 0 Å². The monoisotopic (exact) mass is 376 g/mol. The van der Waals surface area contributed by atoms with E-state index in [0.717, 1.165) is 13.0 Å². The van der Waals surface area contributed by atoms with E-state index in [-0.39, 0.29) is 5.91 Å². The number of nitrogens with one attached hydrogen (secondary N) is 1. The van der Waals surface area contributed by atoms with Crippen LogP contribution in [-0.4, -0.2) is 31.0 Å². The van der Waals surface area contributed by atoms with Gasteiger partial charge in [0.05, 0.1) is 19.3 Å². The molecule has 1 aliphatic carbocycles. The number of amides is 1. The third-order valence-electron chi connectivity index (χ3n) is 4.97. The molecule has 2 aromatic rings. The van der Waals surface area contributed by atoms with Crippen LogP contribution in [0.1, 0.15) is 29.3 Å². The molecule has 0 unspecified atom stereocenters. The highest BCUT2D eigenvalue weighted by atomic mass is 35.5. The van der Waals surface area contributed by atoms with Crippen LogP contribution in [-0.2, 0) is 11.2 Å². The number of rotatable bonds is 5. The fraction of sp³-hybridized carbons (Fsp3) is 0.421. The highest BCUT2D eigenvalue weighted by molar-refractivity contribution is 7.10. The molecule has 0 bridgehead atoms. The number of anilines is 1. The molecule has 4 rings (SSSR count). The van der Waals surface area contributed by atoms with Gasteiger partial charge in [-0.3, -0.25) is 9.69 Å². The number of carbonyl (C=O) groups is 1. The van der Waals surface area contributed by atoms with E-state index in [1.54, 1.807) is 25.3 Å². The molecule has 1 saturated carbocycles. The van der Waals surface area contributed by atoms with Gasteiger partial charge in [-0.15, -0.1) is 11.3 Å². The first kappa shape index (κ1) is 16.9. The Morgan fingerprint density at radius 3 is 3.00 bits per heavy atom. The SMILES string of the molecule is COc1ccc(Cl)cc1NC(=O)CN1CCc2sccc2[C@@H]1C1CC1. The molecule has 1 amide bonds. The molecule has 1 fully saturated rings. The van der Waals surface area contributed by atoms with Crippen molar-refractivity contribution < 1.29 is 9.53 Å². The molecule has 1 aromatic carbocycles. The molecular formula is C19H21ClN2O2S. The molecule has 4 nitrogen and oxygen atoms in total. The summed E-state index contributed by atoms with van der Waals surface area (Å²) < 4.78 is 5.31. The zero-order valence-electron chi connectivity index (χ0n) is 14.1. The second-order valence-corrected chi connectivity index (χ2v) is 8.13. The zero-order valence-corrected chi connectivity index (χ0v) is 15.7. The fourth-order valence-corrected chi connectivity index (χ4v) is 4.78. The fourth-order valence-electron chi connectivity index (χ4n) is 3.69. The number of hydrogen-bond acceptors (Lipinski definition) is 4. The lowest BCUT2D eigenvalue weighted by Crippen LogP contribution is -2.41. The van der Waals surface area contributed by atoms with Crippen molar-refractivity contribution in [3.8, 4) is 5.75 Å². The summed E-state index contributed by atoms with van der Waals surface area (Å²) in [6.07, 6.45) is 3.56. The van der Waals surface area contributed by atoms with Crippen molar-refractivity contribution in [1.29, 1.82) is 0 Å². The van der Waals surface area contributed by atoms with Gasteiger partial charge in [-0.25, -0.2) is 0 Å². The first-order chi connectivity index (χ1) is 12.2. The Kier molecular flexibility index (Phi) is 4.71. The minimum atomic E-state index is -0.0232. The third-order valence-corrected chi connectivity index (χ3v) is 6.20. The first-order valence-corrected chi connectivity index (χ1v) is 9.85. The van der Waals surface area contributed by atoms with Gasteiger partial charge in [-0.2, -0.15) is 0 Å². The van der Waals surface area contributed by atoms with E-state index < -0.39 is 0 Å². The minimum absolute atomic E-state index is 0.0232. The Labute approximate surface area is 156 Å². The number of halogens is 1. The second-order valence-electron chi connectivity index (χ2n) is 6.69. The van der Waals surface area contributed by atoms with Crippen LogP contribution in [0.25, 0.3) is 0 Å². The van der Waals surface area contributed by atoms with Gasteiger partial charge < -0.3 is 10.1 Å². The molecular weight excluding hydrogens is 356 g/mol. The zero-order chi connectivity index (χ0) is 17.4. The van der Waals surface area contributed by atoms with E-state index in [9.17, 15) is 4.79 Å². The number of methoxy groups -OCH3 is 1. The largest absolute Gasteiger partial charge is 0.495 e. The number of carbonyl (C=O) groups excluding carboxylic acids is 1. The molecule has 6 heteroatoms. The topological polar surface area (TPSA) is 41.6 Å². The van der Waals surface area contributed by atoms with Crippen molar-refractivity contribution in [2.24, 2.45) is 5.92 Å². The number of hydrogen-bond donors (Lipinski definition) is 1. The highest BCUT2D eigenvalue weighted by Gasteiger charge is 2.40. The van der Waals surface area contributed by atoms with Gasteiger partial charge in [0, 0.05) is 22.5 Å². The Bertz CT molecular complexity index is 787. The van der Waals surface area contributed by atoms with E-state index >= 15 is 0 Å². The molecule has 1 atom stereocenters. The quantitative estimate of drug-likeness (QED) is 0.843. The van der Waals surface area contributed by atoms with Crippen molar-refractivity contribution in [2.45, 2.75) is 25.3 Å². The number of ether oxygens (including phenoxy) is 1. The van der Waals surface area contributed by atoms with Crippen molar-refractivity contribution in [2.75, 3.05) is 25.5 Å². The lowest BCUT2D eigenvalue weighted by Gasteiger charge is -2.35. The van der Waals surface area contributed by atoms with Gasteiger partial charge in [-0.1, -0.05) is 11.6 Å². The minimum Gasteiger partial charge on any atom is -0.495 e. The van der Waals surface area contributed by atoms with E-state index in [1.807, 2.05) is 11.3 Å². The molecule has 0 spiro atoms. The van der Waals surface area contributed by atoms with Crippen LogP contribution < -0.4 is 10.1 Å². The number of nitrogens with zero attached hydrogens (tertiary/aromatic N) is 1. The smallest absolute Gasteiger partial charge is 0.238 e. The molecule has 25 heavy (non-hydrogen) atoms. The van der Waals surface area contributed by atoms with Crippen LogP contribution in [0.4, 0.5) is 5.69 Å². The molecule has 2 aliphatic rings. The normalized spacial score (nSPS) is 20.2. The summed E-state index contributed by atoms with van der Waals surface area (Å²) in [6.45, 7) is 1.33. The molecule has 0 saturated heterocycles. The Balaban J connectivity index is 1.48. The maximum absolute atomic E-state index is 12.7. The molecule has 2 heterocycles. The van der Waals surface area contributed by atoms with Gasteiger partial charge in [0.25, 0.3) is 0 Å². The van der Waals surface area contributed by atoms with Crippen molar-refractivity contribution in [3.63, 3.8) is 0 Å². The molecule has 0 radical (unpaired) electrons. The average Bonchev–Trinajstić information content (AvgIpc) is 3.31. The van der Waals surface area contributed by atoms with Crippen molar-refractivity contribution in [3.05, 3.63) is 45.1 Å². The van der Waals surface area contributed by atoms with Gasteiger partial charge in [0.1, 0.15) is 5.75 Å². The molecule has 1 aliphatic heterocycles. The van der Waals surface area contributed by atoms with Crippen LogP contribution in [0.3, 0.4) is 0 Å².